The highest BCUT2D eigenvalue weighted by atomic mass is 16.5. The third-order valence-electron chi connectivity index (χ3n) is 6.34. The zero-order valence-electron chi connectivity index (χ0n) is 19.1. The highest BCUT2D eigenvalue weighted by molar-refractivity contribution is 5.63. The summed E-state index contributed by atoms with van der Waals surface area (Å²) in [6, 6.07) is 10.7. The minimum Gasteiger partial charge on any atom is -0.494 e. The van der Waals surface area contributed by atoms with Crippen LogP contribution in [0.2, 0.25) is 0 Å². The maximum atomic E-state index is 6.03. The molecule has 4 rings (SSSR count). The lowest BCUT2D eigenvalue weighted by atomic mass is 9.77. The van der Waals surface area contributed by atoms with Crippen molar-refractivity contribution in [1.82, 2.24) is 0 Å². The number of benzene rings is 2. The summed E-state index contributed by atoms with van der Waals surface area (Å²) in [6.07, 6.45) is 6.72. The predicted molar refractivity (Wildman–Crippen MR) is 124 cm³/mol. The van der Waals surface area contributed by atoms with Crippen LogP contribution in [-0.4, -0.2) is 27.9 Å². The third kappa shape index (κ3) is 4.18. The summed E-state index contributed by atoms with van der Waals surface area (Å²) in [4.78, 5) is 0. The highest BCUT2D eigenvalue weighted by Crippen LogP contribution is 2.52. The van der Waals surface area contributed by atoms with Gasteiger partial charge in [-0.05, 0) is 66.1 Å². The van der Waals surface area contributed by atoms with Crippen LogP contribution < -0.4 is 24.3 Å². The van der Waals surface area contributed by atoms with Crippen LogP contribution in [0.25, 0.3) is 0 Å². The lowest BCUT2D eigenvalue weighted by Crippen LogP contribution is -2.29. The van der Waals surface area contributed by atoms with Gasteiger partial charge in [0.1, 0.15) is 5.75 Å². The van der Waals surface area contributed by atoms with E-state index in [4.69, 9.17) is 18.9 Å². The van der Waals surface area contributed by atoms with Gasteiger partial charge >= 0.3 is 0 Å². The zero-order chi connectivity index (χ0) is 22.0. The number of rotatable bonds is 8. The largest absolute Gasteiger partial charge is 0.494 e. The maximum absolute atomic E-state index is 6.03. The highest BCUT2D eigenvalue weighted by Gasteiger charge is 2.38. The number of anilines is 1. The average molecular weight is 424 g/mol. The van der Waals surface area contributed by atoms with E-state index in [0.717, 1.165) is 36.4 Å². The first-order valence-corrected chi connectivity index (χ1v) is 11.1. The van der Waals surface area contributed by atoms with E-state index in [9.17, 15) is 0 Å². The van der Waals surface area contributed by atoms with Gasteiger partial charge in [-0.1, -0.05) is 26.0 Å². The van der Waals surface area contributed by atoms with Gasteiger partial charge in [-0.3, -0.25) is 0 Å². The van der Waals surface area contributed by atoms with Crippen LogP contribution in [0.15, 0.2) is 42.5 Å². The Hall–Kier alpha value is -2.82. The van der Waals surface area contributed by atoms with E-state index in [-0.39, 0.29) is 6.04 Å². The van der Waals surface area contributed by atoms with Gasteiger partial charge in [0, 0.05) is 11.6 Å². The fourth-order valence-electron chi connectivity index (χ4n) is 4.69. The van der Waals surface area contributed by atoms with Crippen LogP contribution in [0.3, 0.4) is 0 Å². The predicted octanol–water partition coefficient (Wildman–Crippen LogP) is 5.96. The first kappa shape index (κ1) is 21.4. The molecule has 2 aromatic carbocycles. The number of hydrogen-bond donors (Lipinski definition) is 1. The fraction of sp³-hybridized carbons (Fsp3) is 0.462. The number of hydrogen-bond acceptors (Lipinski definition) is 5. The molecule has 166 valence electrons. The van der Waals surface area contributed by atoms with Crippen molar-refractivity contribution in [3.8, 4) is 23.0 Å². The Morgan fingerprint density at radius 2 is 1.74 bits per heavy atom. The van der Waals surface area contributed by atoms with Crippen molar-refractivity contribution in [2.75, 3.05) is 33.3 Å². The standard InChI is InChI=1S/C26H33NO4/c1-16(2)11-12-31-18-9-10-22-21(15-18)19-7-6-8-20(19)25(27-22)17-13-23(28-3)26(30-5)24(14-17)29-4/h6-7,9-10,13-16,19-20,25,27H,8,11-12H2,1-5H3. The Labute approximate surface area is 185 Å². The summed E-state index contributed by atoms with van der Waals surface area (Å²) >= 11 is 0. The molecule has 5 nitrogen and oxygen atoms in total. The van der Waals surface area contributed by atoms with Crippen molar-refractivity contribution in [2.45, 2.75) is 38.6 Å². The number of nitrogens with one attached hydrogen (secondary N) is 1. The molecule has 0 saturated carbocycles. The number of ether oxygens (including phenoxy) is 4. The Kier molecular flexibility index (Phi) is 6.30. The molecule has 31 heavy (non-hydrogen) atoms. The molecule has 1 N–H and O–H groups in total. The Bertz CT molecular complexity index is 927. The van der Waals surface area contributed by atoms with Crippen LogP contribution in [0.1, 0.15) is 49.8 Å². The van der Waals surface area contributed by atoms with E-state index < -0.39 is 0 Å². The molecule has 2 aromatic rings. The molecule has 0 spiro atoms. The molecule has 1 heterocycles. The second-order valence-electron chi connectivity index (χ2n) is 8.71. The van der Waals surface area contributed by atoms with E-state index in [1.807, 2.05) is 0 Å². The van der Waals surface area contributed by atoms with Crippen LogP contribution >= 0.6 is 0 Å². The molecule has 0 radical (unpaired) electrons. The van der Waals surface area contributed by atoms with Crippen molar-refractivity contribution < 1.29 is 18.9 Å². The van der Waals surface area contributed by atoms with Crippen LogP contribution in [0, 0.1) is 11.8 Å². The van der Waals surface area contributed by atoms with Crippen molar-refractivity contribution in [3.05, 3.63) is 53.6 Å². The molecule has 0 bridgehead atoms. The molecular formula is C26H33NO4. The molecule has 3 atom stereocenters. The third-order valence-corrected chi connectivity index (χ3v) is 6.34. The van der Waals surface area contributed by atoms with E-state index in [1.54, 1.807) is 21.3 Å². The Morgan fingerprint density at radius 1 is 1.00 bits per heavy atom. The van der Waals surface area contributed by atoms with Crippen LogP contribution in [-0.2, 0) is 0 Å². The van der Waals surface area contributed by atoms with E-state index in [0.29, 0.717) is 35.0 Å². The monoisotopic (exact) mass is 423 g/mol. The number of fused-ring (bicyclic) bond motifs is 3. The Balaban J connectivity index is 1.65. The zero-order valence-corrected chi connectivity index (χ0v) is 19.1. The number of methoxy groups -OCH3 is 3. The SMILES string of the molecule is COc1cc(C2Nc3ccc(OCCC(C)C)cc3C3C=CCC32)cc(OC)c1OC. The second-order valence-corrected chi connectivity index (χ2v) is 8.71. The van der Waals surface area contributed by atoms with E-state index >= 15 is 0 Å². The minimum atomic E-state index is 0.147. The maximum Gasteiger partial charge on any atom is 0.203 e. The average Bonchev–Trinajstić information content (AvgIpc) is 3.27. The number of allylic oxidation sites excluding steroid dienone is 2. The van der Waals surface area contributed by atoms with Crippen molar-refractivity contribution in [1.29, 1.82) is 0 Å². The molecule has 5 heteroatoms. The second kappa shape index (κ2) is 9.13. The molecule has 0 fully saturated rings. The van der Waals surface area contributed by atoms with Gasteiger partial charge < -0.3 is 24.3 Å². The topological polar surface area (TPSA) is 49.0 Å². The van der Waals surface area contributed by atoms with Crippen molar-refractivity contribution >= 4 is 5.69 Å². The summed E-state index contributed by atoms with van der Waals surface area (Å²) in [5, 5.41) is 3.78. The quantitative estimate of drug-likeness (QED) is 0.531. The smallest absolute Gasteiger partial charge is 0.203 e. The molecule has 1 aliphatic heterocycles. The molecule has 2 aliphatic rings. The van der Waals surface area contributed by atoms with Gasteiger partial charge in [0.2, 0.25) is 5.75 Å². The van der Waals surface area contributed by atoms with Gasteiger partial charge in [0.25, 0.3) is 0 Å². The van der Waals surface area contributed by atoms with Crippen LogP contribution in [0.5, 0.6) is 23.0 Å². The molecule has 0 saturated heterocycles. The molecule has 1 aliphatic carbocycles. The summed E-state index contributed by atoms with van der Waals surface area (Å²) in [5.41, 5.74) is 3.60. The first-order valence-electron chi connectivity index (χ1n) is 11.1. The first-order chi connectivity index (χ1) is 15.0. The summed E-state index contributed by atoms with van der Waals surface area (Å²) < 4.78 is 22.7. The lowest BCUT2D eigenvalue weighted by Gasteiger charge is -2.38. The van der Waals surface area contributed by atoms with E-state index in [2.05, 4.69) is 61.6 Å². The van der Waals surface area contributed by atoms with Crippen molar-refractivity contribution in [2.24, 2.45) is 11.8 Å². The normalized spacial score (nSPS) is 21.3. The Morgan fingerprint density at radius 3 is 2.39 bits per heavy atom. The van der Waals surface area contributed by atoms with E-state index in [1.165, 1.54) is 5.56 Å². The molecule has 0 amide bonds. The van der Waals surface area contributed by atoms with Gasteiger partial charge in [0.15, 0.2) is 11.5 Å². The molecule has 0 aromatic heterocycles. The van der Waals surface area contributed by atoms with Crippen LogP contribution in [0.4, 0.5) is 5.69 Å². The summed E-state index contributed by atoms with van der Waals surface area (Å²) in [7, 11) is 4.95. The molecular weight excluding hydrogens is 390 g/mol. The lowest BCUT2D eigenvalue weighted by molar-refractivity contribution is 0.288. The van der Waals surface area contributed by atoms with Gasteiger partial charge in [-0.15, -0.1) is 0 Å². The summed E-state index contributed by atoms with van der Waals surface area (Å²) in [6.45, 7) is 5.19. The van der Waals surface area contributed by atoms with Gasteiger partial charge in [-0.25, -0.2) is 0 Å². The minimum absolute atomic E-state index is 0.147. The van der Waals surface area contributed by atoms with Gasteiger partial charge in [0.05, 0.1) is 34.0 Å². The molecule has 3 unspecified atom stereocenters. The summed E-state index contributed by atoms with van der Waals surface area (Å²) in [5.74, 6) is 4.35. The fourth-order valence-corrected chi connectivity index (χ4v) is 4.69. The van der Waals surface area contributed by atoms with Crippen molar-refractivity contribution in [3.63, 3.8) is 0 Å². The van der Waals surface area contributed by atoms with Gasteiger partial charge in [-0.2, -0.15) is 0 Å².